The van der Waals surface area contributed by atoms with Crippen LogP contribution in [0.5, 0.6) is 11.5 Å². The SMILES string of the molecule is COC(=O)/C=C/c1ccc(OCCCCl)c(OC)c1. The molecule has 0 spiro atoms. The van der Waals surface area contributed by atoms with Crippen molar-refractivity contribution in [2.45, 2.75) is 6.42 Å². The van der Waals surface area contributed by atoms with E-state index < -0.39 is 5.97 Å². The van der Waals surface area contributed by atoms with Crippen LogP contribution < -0.4 is 9.47 Å². The molecule has 1 aromatic rings. The summed E-state index contributed by atoms with van der Waals surface area (Å²) in [6, 6.07) is 5.41. The predicted octanol–water partition coefficient (Wildman–Crippen LogP) is 2.89. The number of hydrogen-bond donors (Lipinski definition) is 0. The van der Waals surface area contributed by atoms with Crippen molar-refractivity contribution in [3.63, 3.8) is 0 Å². The molecule has 0 fully saturated rings. The van der Waals surface area contributed by atoms with Gasteiger partial charge in [-0.1, -0.05) is 6.07 Å². The molecule has 1 rings (SSSR count). The molecule has 0 atom stereocenters. The lowest BCUT2D eigenvalue weighted by Crippen LogP contribution is -2.00. The van der Waals surface area contributed by atoms with Crippen LogP contribution in [0, 0.1) is 0 Å². The lowest BCUT2D eigenvalue weighted by molar-refractivity contribution is -0.134. The Bertz CT molecular complexity index is 443. The summed E-state index contributed by atoms with van der Waals surface area (Å²) in [6.45, 7) is 0.539. The Hall–Kier alpha value is -1.68. The fraction of sp³-hybridized carbons (Fsp3) is 0.357. The van der Waals surface area contributed by atoms with E-state index in [9.17, 15) is 4.79 Å². The number of methoxy groups -OCH3 is 2. The van der Waals surface area contributed by atoms with E-state index in [-0.39, 0.29) is 0 Å². The molecule has 0 amide bonds. The molecule has 1 aromatic carbocycles. The van der Waals surface area contributed by atoms with Crippen molar-refractivity contribution in [2.24, 2.45) is 0 Å². The van der Waals surface area contributed by atoms with Crippen LogP contribution in [-0.4, -0.2) is 32.7 Å². The van der Waals surface area contributed by atoms with Crippen molar-refractivity contribution in [1.82, 2.24) is 0 Å². The Kier molecular flexibility index (Phi) is 6.82. The van der Waals surface area contributed by atoms with Crippen molar-refractivity contribution < 1.29 is 19.0 Å². The van der Waals surface area contributed by atoms with E-state index in [4.69, 9.17) is 21.1 Å². The number of carbonyl (C=O) groups excluding carboxylic acids is 1. The van der Waals surface area contributed by atoms with Crippen LogP contribution in [0.25, 0.3) is 6.08 Å². The number of ether oxygens (including phenoxy) is 3. The first-order chi connectivity index (χ1) is 9.21. The standard InChI is InChI=1S/C14H17ClO4/c1-17-13-10-11(5-7-14(16)18-2)4-6-12(13)19-9-3-8-15/h4-7,10H,3,8-9H2,1-2H3/b7-5+. The number of hydrogen-bond acceptors (Lipinski definition) is 4. The molecule has 0 radical (unpaired) electrons. The monoisotopic (exact) mass is 284 g/mol. The van der Waals surface area contributed by atoms with Crippen LogP contribution in [0.1, 0.15) is 12.0 Å². The fourth-order valence-corrected chi connectivity index (χ4v) is 1.49. The van der Waals surface area contributed by atoms with E-state index >= 15 is 0 Å². The quantitative estimate of drug-likeness (QED) is 0.334. The van der Waals surface area contributed by atoms with Gasteiger partial charge in [0.2, 0.25) is 0 Å². The summed E-state index contributed by atoms with van der Waals surface area (Å²) in [5.74, 6) is 1.42. The van der Waals surface area contributed by atoms with Crippen molar-refractivity contribution in [3.8, 4) is 11.5 Å². The molecular formula is C14H17ClO4. The molecule has 19 heavy (non-hydrogen) atoms. The first-order valence-electron chi connectivity index (χ1n) is 5.84. The van der Waals surface area contributed by atoms with Gasteiger partial charge < -0.3 is 14.2 Å². The fourth-order valence-electron chi connectivity index (χ4n) is 1.38. The maximum absolute atomic E-state index is 11.0. The third kappa shape index (κ3) is 5.22. The van der Waals surface area contributed by atoms with Gasteiger partial charge in [0.15, 0.2) is 11.5 Å². The zero-order chi connectivity index (χ0) is 14.1. The van der Waals surface area contributed by atoms with E-state index in [2.05, 4.69) is 4.74 Å². The summed E-state index contributed by atoms with van der Waals surface area (Å²) in [6.07, 6.45) is 3.77. The molecule has 104 valence electrons. The zero-order valence-electron chi connectivity index (χ0n) is 11.0. The average Bonchev–Trinajstić information content (AvgIpc) is 2.45. The van der Waals surface area contributed by atoms with E-state index in [0.717, 1.165) is 12.0 Å². The second-order valence-corrected chi connectivity index (χ2v) is 4.04. The van der Waals surface area contributed by atoms with Gasteiger partial charge in [-0.05, 0) is 30.2 Å². The van der Waals surface area contributed by atoms with Crippen molar-refractivity contribution in [3.05, 3.63) is 29.8 Å². The van der Waals surface area contributed by atoms with E-state index in [1.165, 1.54) is 13.2 Å². The van der Waals surface area contributed by atoms with Crippen LogP contribution in [-0.2, 0) is 9.53 Å². The Balaban J connectivity index is 2.77. The molecule has 0 aliphatic heterocycles. The molecule has 0 saturated heterocycles. The number of alkyl halides is 1. The topological polar surface area (TPSA) is 44.8 Å². The summed E-state index contributed by atoms with van der Waals surface area (Å²) in [5, 5.41) is 0. The average molecular weight is 285 g/mol. The first-order valence-corrected chi connectivity index (χ1v) is 6.37. The minimum Gasteiger partial charge on any atom is -0.493 e. The molecule has 0 saturated carbocycles. The van der Waals surface area contributed by atoms with Crippen LogP contribution >= 0.6 is 11.6 Å². The van der Waals surface area contributed by atoms with Crippen LogP contribution in [0.2, 0.25) is 0 Å². The Morgan fingerprint density at radius 3 is 2.74 bits per heavy atom. The van der Waals surface area contributed by atoms with Gasteiger partial charge in [-0.25, -0.2) is 4.79 Å². The van der Waals surface area contributed by atoms with Gasteiger partial charge in [0.25, 0.3) is 0 Å². The molecule has 0 unspecified atom stereocenters. The number of esters is 1. The zero-order valence-corrected chi connectivity index (χ0v) is 11.8. The largest absolute Gasteiger partial charge is 0.493 e. The van der Waals surface area contributed by atoms with Crippen LogP contribution in [0.4, 0.5) is 0 Å². The number of benzene rings is 1. The summed E-state index contributed by atoms with van der Waals surface area (Å²) in [4.78, 5) is 11.0. The molecule has 0 aromatic heterocycles. The third-order valence-corrected chi connectivity index (χ3v) is 2.60. The lowest BCUT2D eigenvalue weighted by Gasteiger charge is -2.10. The van der Waals surface area contributed by atoms with Gasteiger partial charge in [0, 0.05) is 12.0 Å². The molecule has 4 nitrogen and oxygen atoms in total. The first kappa shape index (κ1) is 15.4. The van der Waals surface area contributed by atoms with E-state index in [0.29, 0.717) is 24.0 Å². The molecular weight excluding hydrogens is 268 g/mol. The van der Waals surface area contributed by atoms with Gasteiger partial charge in [0.1, 0.15) is 0 Å². The Morgan fingerprint density at radius 1 is 1.32 bits per heavy atom. The number of carbonyl (C=O) groups is 1. The highest BCUT2D eigenvalue weighted by molar-refractivity contribution is 6.17. The van der Waals surface area contributed by atoms with Gasteiger partial charge in [-0.2, -0.15) is 0 Å². The normalized spacial score (nSPS) is 10.5. The van der Waals surface area contributed by atoms with Crippen molar-refractivity contribution >= 4 is 23.6 Å². The molecule has 5 heteroatoms. The highest BCUT2D eigenvalue weighted by Crippen LogP contribution is 2.28. The highest BCUT2D eigenvalue weighted by atomic mass is 35.5. The number of rotatable bonds is 7. The van der Waals surface area contributed by atoms with E-state index in [1.54, 1.807) is 25.3 Å². The second-order valence-electron chi connectivity index (χ2n) is 3.66. The van der Waals surface area contributed by atoms with Crippen molar-refractivity contribution in [1.29, 1.82) is 0 Å². The van der Waals surface area contributed by atoms with Crippen LogP contribution in [0.15, 0.2) is 24.3 Å². The van der Waals surface area contributed by atoms with Gasteiger partial charge in [-0.15, -0.1) is 11.6 Å². The summed E-state index contributed by atoms with van der Waals surface area (Å²) < 4.78 is 15.3. The smallest absolute Gasteiger partial charge is 0.330 e. The Morgan fingerprint density at radius 2 is 2.11 bits per heavy atom. The highest BCUT2D eigenvalue weighted by Gasteiger charge is 2.04. The molecule has 0 N–H and O–H groups in total. The summed E-state index contributed by atoms with van der Waals surface area (Å²) in [5.41, 5.74) is 0.826. The van der Waals surface area contributed by atoms with Crippen molar-refractivity contribution in [2.75, 3.05) is 26.7 Å². The molecule has 0 aliphatic rings. The maximum Gasteiger partial charge on any atom is 0.330 e. The lowest BCUT2D eigenvalue weighted by atomic mass is 10.2. The van der Waals surface area contributed by atoms with Gasteiger partial charge in [-0.3, -0.25) is 0 Å². The van der Waals surface area contributed by atoms with Gasteiger partial charge in [0.05, 0.1) is 20.8 Å². The second kappa shape index (κ2) is 8.43. The van der Waals surface area contributed by atoms with E-state index in [1.807, 2.05) is 6.07 Å². The molecule has 0 bridgehead atoms. The van der Waals surface area contributed by atoms with Gasteiger partial charge >= 0.3 is 5.97 Å². The summed E-state index contributed by atoms with van der Waals surface area (Å²) >= 11 is 5.59. The Labute approximate surface area is 117 Å². The van der Waals surface area contributed by atoms with Crippen LogP contribution in [0.3, 0.4) is 0 Å². The third-order valence-electron chi connectivity index (χ3n) is 2.34. The summed E-state index contributed by atoms with van der Waals surface area (Å²) in [7, 11) is 2.90. The number of halogens is 1. The maximum atomic E-state index is 11.0. The minimum atomic E-state index is -0.401. The predicted molar refractivity (Wildman–Crippen MR) is 74.9 cm³/mol. The minimum absolute atomic E-state index is 0.401. The molecule has 0 aliphatic carbocycles. The molecule has 0 heterocycles.